The van der Waals surface area contributed by atoms with E-state index in [2.05, 4.69) is 31.2 Å². The average Bonchev–Trinajstić information content (AvgIpc) is 2.58. The third-order valence-electron chi connectivity index (χ3n) is 1.62. The van der Waals surface area contributed by atoms with Crippen molar-refractivity contribution in [3.05, 3.63) is 16.6 Å². The molecule has 0 fully saturated rings. The lowest BCUT2D eigenvalue weighted by atomic mass is 10.4. The Kier molecular flexibility index (Phi) is 1.91. The fourth-order valence-corrected chi connectivity index (χ4v) is 1.35. The number of rotatable bonds is 1. The van der Waals surface area contributed by atoms with Gasteiger partial charge in [0.25, 0.3) is 10.7 Å². The summed E-state index contributed by atoms with van der Waals surface area (Å²) in [5.41, 5.74) is 1.74. The molecule has 0 aliphatic carbocycles. The van der Waals surface area contributed by atoms with Gasteiger partial charge in [0.1, 0.15) is 5.69 Å². The Bertz CT molecular complexity index is 433. The second kappa shape index (κ2) is 2.95. The maximum absolute atomic E-state index is 5.20. The molecule has 2 aromatic heterocycles. The molecule has 0 aliphatic rings. The lowest BCUT2D eigenvalue weighted by Gasteiger charge is -1.92. The van der Waals surface area contributed by atoms with Crippen LogP contribution in [0.25, 0.3) is 11.6 Å². The summed E-state index contributed by atoms with van der Waals surface area (Å²) < 4.78 is 6.90. The third kappa shape index (κ3) is 1.49. The van der Waals surface area contributed by atoms with Crippen LogP contribution in [0, 0.1) is 6.92 Å². The maximum Gasteiger partial charge on any atom is 0.285 e. The first-order valence-corrected chi connectivity index (χ1v) is 4.46. The highest BCUT2D eigenvalue weighted by Gasteiger charge is 2.11. The standard InChI is InChI=1S/C7H7BrN4O/c1-4-3-5(12(2)11-4)6-9-10-7(8)13-6/h3H,1-2H3. The fraction of sp³-hybridized carbons (Fsp3) is 0.286. The zero-order chi connectivity index (χ0) is 9.42. The first-order chi connectivity index (χ1) is 6.16. The van der Waals surface area contributed by atoms with Crippen LogP contribution in [0.3, 0.4) is 0 Å². The summed E-state index contributed by atoms with van der Waals surface area (Å²) in [5, 5.41) is 11.7. The van der Waals surface area contributed by atoms with Crippen molar-refractivity contribution in [1.29, 1.82) is 0 Å². The average molecular weight is 243 g/mol. The summed E-state index contributed by atoms with van der Waals surface area (Å²) in [6.45, 7) is 1.91. The minimum atomic E-state index is 0.376. The Hall–Kier alpha value is -1.17. The fourth-order valence-electron chi connectivity index (χ4n) is 1.12. The van der Waals surface area contributed by atoms with Gasteiger partial charge in [0.05, 0.1) is 5.69 Å². The van der Waals surface area contributed by atoms with Gasteiger partial charge >= 0.3 is 0 Å². The van der Waals surface area contributed by atoms with Crippen molar-refractivity contribution in [3.8, 4) is 11.6 Å². The van der Waals surface area contributed by atoms with E-state index in [4.69, 9.17) is 4.42 Å². The number of aromatic nitrogens is 4. The Morgan fingerprint density at radius 3 is 2.69 bits per heavy atom. The molecule has 13 heavy (non-hydrogen) atoms. The number of halogens is 1. The molecule has 0 atom stereocenters. The highest BCUT2D eigenvalue weighted by Crippen LogP contribution is 2.19. The minimum absolute atomic E-state index is 0.376. The van der Waals surface area contributed by atoms with Gasteiger partial charge in [0.2, 0.25) is 0 Å². The predicted octanol–water partition coefficient (Wildman–Crippen LogP) is 1.54. The second-order valence-electron chi connectivity index (χ2n) is 2.65. The first-order valence-electron chi connectivity index (χ1n) is 3.67. The Morgan fingerprint density at radius 1 is 1.46 bits per heavy atom. The summed E-state index contributed by atoms with van der Waals surface area (Å²) in [7, 11) is 1.83. The molecular weight excluding hydrogens is 236 g/mol. The van der Waals surface area contributed by atoms with Crippen molar-refractivity contribution >= 4 is 15.9 Å². The van der Waals surface area contributed by atoms with Gasteiger partial charge in [-0.1, -0.05) is 0 Å². The first kappa shape index (κ1) is 8.43. The highest BCUT2D eigenvalue weighted by atomic mass is 79.9. The Labute approximate surface area is 82.9 Å². The summed E-state index contributed by atoms with van der Waals surface area (Å²) in [6.07, 6.45) is 0. The summed E-state index contributed by atoms with van der Waals surface area (Å²) in [4.78, 5) is 0.376. The van der Waals surface area contributed by atoms with Gasteiger partial charge < -0.3 is 4.42 Å². The van der Waals surface area contributed by atoms with Gasteiger partial charge in [-0.25, -0.2) is 0 Å². The van der Waals surface area contributed by atoms with Crippen LogP contribution in [0.15, 0.2) is 15.3 Å². The quantitative estimate of drug-likeness (QED) is 0.762. The molecule has 0 spiro atoms. The van der Waals surface area contributed by atoms with Gasteiger partial charge in [0.15, 0.2) is 0 Å². The van der Waals surface area contributed by atoms with Crippen LogP contribution in [0.2, 0.25) is 0 Å². The third-order valence-corrected chi connectivity index (χ3v) is 1.94. The molecule has 0 amide bonds. The Balaban J connectivity index is 2.51. The zero-order valence-corrected chi connectivity index (χ0v) is 8.74. The molecule has 0 N–H and O–H groups in total. The molecule has 0 unspecified atom stereocenters. The van der Waals surface area contributed by atoms with Gasteiger partial charge in [-0.05, 0) is 13.0 Å². The second-order valence-corrected chi connectivity index (χ2v) is 3.33. The van der Waals surface area contributed by atoms with Crippen molar-refractivity contribution in [2.24, 2.45) is 7.05 Å². The molecule has 0 aromatic carbocycles. The van der Waals surface area contributed by atoms with Gasteiger partial charge in [-0.3, -0.25) is 4.68 Å². The van der Waals surface area contributed by atoms with Crippen molar-refractivity contribution in [2.75, 3.05) is 0 Å². The van der Waals surface area contributed by atoms with E-state index in [1.165, 1.54) is 0 Å². The predicted molar refractivity (Wildman–Crippen MR) is 48.9 cm³/mol. The molecule has 0 saturated carbocycles. The summed E-state index contributed by atoms with van der Waals surface area (Å²) in [6, 6.07) is 1.89. The van der Waals surface area contributed by atoms with Crippen molar-refractivity contribution < 1.29 is 4.42 Å². The molecule has 5 nitrogen and oxygen atoms in total. The highest BCUT2D eigenvalue weighted by molar-refractivity contribution is 9.10. The van der Waals surface area contributed by atoms with E-state index < -0.39 is 0 Å². The number of nitrogens with zero attached hydrogens (tertiary/aromatic N) is 4. The SMILES string of the molecule is Cc1cc(-c2nnc(Br)o2)n(C)n1. The minimum Gasteiger partial charge on any atom is -0.409 e. The molecule has 0 saturated heterocycles. The molecule has 6 heteroatoms. The molecule has 0 bridgehead atoms. The van der Waals surface area contributed by atoms with E-state index >= 15 is 0 Å². The van der Waals surface area contributed by atoms with Gasteiger partial charge in [0, 0.05) is 23.0 Å². The lowest BCUT2D eigenvalue weighted by molar-refractivity contribution is 0.533. The Morgan fingerprint density at radius 2 is 2.23 bits per heavy atom. The molecule has 2 heterocycles. The van der Waals surface area contributed by atoms with Crippen molar-refractivity contribution in [2.45, 2.75) is 6.92 Å². The number of hydrogen-bond acceptors (Lipinski definition) is 4. The van der Waals surface area contributed by atoms with Crippen LogP contribution in [0.5, 0.6) is 0 Å². The molecular formula is C7H7BrN4O. The molecule has 2 rings (SSSR count). The van der Waals surface area contributed by atoms with Crippen LogP contribution >= 0.6 is 15.9 Å². The molecule has 68 valence electrons. The molecule has 2 aromatic rings. The lowest BCUT2D eigenvalue weighted by Crippen LogP contribution is -1.93. The number of hydrogen-bond donors (Lipinski definition) is 0. The van der Waals surface area contributed by atoms with Crippen LogP contribution < -0.4 is 0 Å². The van der Waals surface area contributed by atoms with E-state index in [0.29, 0.717) is 10.7 Å². The van der Waals surface area contributed by atoms with Crippen molar-refractivity contribution in [3.63, 3.8) is 0 Å². The van der Waals surface area contributed by atoms with Crippen LogP contribution in [0.1, 0.15) is 5.69 Å². The molecule has 0 radical (unpaired) electrons. The summed E-state index contributed by atoms with van der Waals surface area (Å²) >= 11 is 3.09. The largest absolute Gasteiger partial charge is 0.409 e. The van der Waals surface area contributed by atoms with Crippen LogP contribution in [-0.4, -0.2) is 20.0 Å². The van der Waals surface area contributed by atoms with E-state index in [0.717, 1.165) is 11.4 Å². The van der Waals surface area contributed by atoms with Crippen molar-refractivity contribution in [1.82, 2.24) is 20.0 Å². The monoisotopic (exact) mass is 242 g/mol. The summed E-state index contributed by atoms with van der Waals surface area (Å²) in [5.74, 6) is 0.468. The van der Waals surface area contributed by atoms with Crippen LogP contribution in [-0.2, 0) is 7.05 Å². The zero-order valence-electron chi connectivity index (χ0n) is 7.15. The maximum atomic E-state index is 5.20. The van der Waals surface area contributed by atoms with Crippen LogP contribution in [0.4, 0.5) is 0 Å². The van der Waals surface area contributed by atoms with Gasteiger partial charge in [-0.15, -0.1) is 10.2 Å². The van der Waals surface area contributed by atoms with E-state index in [9.17, 15) is 0 Å². The normalized spacial score (nSPS) is 10.7. The molecule has 0 aliphatic heterocycles. The smallest absolute Gasteiger partial charge is 0.285 e. The van der Waals surface area contributed by atoms with E-state index in [-0.39, 0.29) is 0 Å². The topological polar surface area (TPSA) is 56.7 Å². The van der Waals surface area contributed by atoms with E-state index in [1.807, 2.05) is 20.0 Å². The van der Waals surface area contributed by atoms with E-state index in [1.54, 1.807) is 4.68 Å². The van der Waals surface area contributed by atoms with Gasteiger partial charge in [-0.2, -0.15) is 5.10 Å². The number of aryl methyl sites for hydroxylation is 2.